The Balaban J connectivity index is 2.26. The molecule has 0 radical (unpaired) electrons. The van der Waals surface area contributed by atoms with E-state index in [0.29, 0.717) is 12.2 Å². The Morgan fingerprint density at radius 2 is 2.00 bits per heavy atom. The molecule has 0 saturated heterocycles. The average Bonchev–Trinajstić information content (AvgIpc) is 2.72. The van der Waals surface area contributed by atoms with Gasteiger partial charge in [-0.2, -0.15) is 13.5 Å². The summed E-state index contributed by atoms with van der Waals surface area (Å²) in [6.07, 6.45) is 1.45. The van der Waals surface area contributed by atoms with Crippen molar-refractivity contribution in [3.8, 4) is 11.5 Å². The second kappa shape index (κ2) is 8.31. The van der Waals surface area contributed by atoms with Gasteiger partial charge in [0, 0.05) is 18.0 Å². The number of hydrogen-bond acceptors (Lipinski definition) is 8. The molecule has 0 bridgehead atoms. The molecule has 0 aliphatic carbocycles. The number of unbranched alkanes of at least 4 members (excludes halogenated alkanes) is 1. The molecular formula is C20H26N4O6S. The van der Waals surface area contributed by atoms with E-state index in [1.807, 2.05) is 6.92 Å². The summed E-state index contributed by atoms with van der Waals surface area (Å²) in [5.41, 5.74) is -1.71. The van der Waals surface area contributed by atoms with Crippen molar-refractivity contribution in [3.63, 3.8) is 0 Å². The van der Waals surface area contributed by atoms with Crippen LogP contribution in [0.2, 0.25) is 0 Å². The molecule has 0 fully saturated rings. The van der Waals surface area contributed by atoms with Crippen LogP contribution in [-0.2, 0) is 22.0 Å². The molecule has 0 atom stereocenters. The Kier molecular flexibility index (Phi) is 6.10. The molecule has 10 nitrogen and oxygen atoms in total. The lowest BCUT2D eigenvalue weighted by atomic mass is 9.88. The molecule has 1 aliphatic heterocycles. The Morgan fingerprint density at radius 3 is 2.61 bits per heavy atom. The van der Waals surface area contributed by atoms with Gasteiger partial charge in [-0.1, -0.05) is 27.2 Å². The molecule has 2 heterocycles. The van der Waals surface area contributed by atoms with Crippen molar-refractivity contribution < 1.29 is 23.4 Å². The molecule has 1 aliphatic rings. The van der Waals surface area contributed by atoms with Crippen molar-refractivity contribution in [2.45, 2.75) is 50.5 Å². The number of aromatic hydroxyl groups is 1. The minimum atomic E-state index is -4.17. The summed E-state index contributed by atoms with van der Waals surface area (Å²) in [5, 5.41) is 27.8. The minimum Gasteiger partial charge on any atom is -0.505 e. The van der Waals surface area contributed by atoms with Gasteiger partial charge in [0.2, 0.25) is 0 Å². The second-order valence-electron chi connectivity index (χ2n) is 7.90. The number of rotatable bonds is 7. The first kappa shape index (κ1) is 22.8. The van der Waals surface area contributed by atoms with E-state index >= 15 is 0 Å². The number of amidine groups is 1. The molecule has 3 N–H and O–H groups in total. The number of aromatic nitrogens is 2. The van der Waals surface area contributed by atoms with E-state index in [1.165, 1.54) is 23.9 Å². The zero-order valence-electron chi connectivity index (χ0n) is 17.8. The fourth-order valence-corrected chi connectivity index (χ4v) is 4.28. The Morgan fingerprint density at radius 1 is 1.29 bits per heavy atom. The van der Waals surface area contributed by atoms with Gasteiger partial charge >= 0.3 is 0 Å². The lowest BCUT2D eigenvalue weighted by Crippen LogP contribution is -2.37. The van der Waals surface area contributed by atoms with Crippen LogP contribution >= 0.6 is 0 Å². The van der Waals surface area contributed by atoms with Crippen molar-refractivity contribution in [3.05, 3.63) is 39.8 Å². The molecule has 2 aromatic rings. The number of aryl methyl sites for hydroxylation is 1. The first-order valence-electron chi connectivity index (χ1n) is 9.81. The van der Waals surface area contributed by atoms with Gasteiger partial charge in [0.25, 0.3) is 15.6 Å². The lowest BCUT2D eigenvalue weighted by Gasteiger charge is -2.25. The van der Waals surface area contributed by atoms with Crippen LogP contribution in [-0.4, -0.2) is 48.0 Å². The number of methoxy groups -OCH3 is 1. The molecule has 11 heteroatoms. The quantitative estimate of drug-likeness (QED) is 0.577. The zero-order chi connectivity index (χ0) is 23.0. The third-order valence-corrected chi connectivity index (χ3v) is 6.37. The predicted molar refractivity (Wildman–Crippen MR) is 116 cm³/mol. The molecular weight excluding hydrogens is 424 g/mol. The van der Waals surface area contributed by atoms with Gasteiger partial charge in [0.1, 0.15) is 21.9 Å². The molecule has 0 spiro atoms. The summed E-state index contributed by atoms with van der Waals surface area (Å²) >= 11 is 0. The average molecular weight is 451 g/mol. The van der Waals surface area contributed by atoms with Crippen molar-refractivity contribution >= 4 is 21.5 Å². The largest absolute Gasteiger partial charge is 0.505 e. The van der Waals surface area contributed by atoms with Crippen molar-refractivity contribution in [2.75, 3.05) is 19.0 Å². The highest BCUT2D eigenvalue weighted by atomic mass is 32.2. The summed E-state index contributed by atoms with van der Waals surface area (Å²) < 4.78 is 35.6. The maximum Gasteiger partial charge on any atom is 0.286 e. The van der Waals surface area contributed by atoms with Crippen LogP contribution in [0.15, 0.2) is 32.3 Å². The van der Waals surface area contributed by atoms with Crippen LogP contribution in [0.4, 0.5) is 5.69 Å². The predicted octanol–water partition coefficient (Wildman–Crippen LogP) is 1.59. The highest BCUT2D eigenvalue weighted by Gasteiger charge is 2.34. The number of aliphatic hydroxyl groups is 1. The normalized spacial score (nSPS) is 15.1. The maximum absolute atomic E-state index is 13.1. The fraction of sp³-hybridized carbons (Fsp3) is 0.450. The van der Waals surface area contributed by atoms with Gasteiger partial charge in [-0.3, -0.25) is 4.79 Å². The minimum absolute atomic E-state index is 0.0723. The van der Waals surface area contributed by atoms with Crippen molar-refractivity contribution in [1.29, 1.82) is 0 Å². The topological polar surface area (TPSA) is 143 Å². The highest BCUT2D eigenvalue weighted by Crippen LogP contribution is 2.35. The second-order valence-corrected chi connectivity index (χ2v) is 9.47. The van der Waals surface area contributed by atoms with E-state index in [1.54, 1.807) is 19.9 Å². The fourth-order valence-electron chi connectivity index (χ4n) is 3.14. The number of nitrogens with one attached hydrogen (secondary N) is 1. The number of anilines is 1. The van der Waals surface area contributed by atoms with Crippen LogP contribution in [0.3, 0.4) is 0 Å². The number of sulfonamides is 1. The van der Waals surface area contributed by atoms with Gasteiger partial charge < -0.3 is 20.3 Å². The Hall–Kier alpha value is -2.92. The van der Waals surface area contributed by atoms with Crippen molar-refractivity contribution in [1.82, 2.24) is 9.78 Å². The summed E-state index contributed by atoms with van der Waals surface area (Å²) in [4.78, 5) is 13.0. The van der Waals surface area contributed by atoms with Crippen LogP contribution in [0.5, 0.6) is 11.5 Å². The van der Waals surface area contributed by atoms with Crippen LogP contribution < -0.4 is 15.6 Å². The van der Waals surface area contributed by atoms with Crippen LogP contribution in [0.25, 0.3) is 0 Å². The number of hydrogen-bond donors (Lipinski definition) is 3. The van der Waals surface area contributed by atoms with E-state index < -0.39 is 26.7 Å². The van der Waals surface area contributed by atoms with E-state index in [9.17, 15) is 23.4 Å². The van der Waals surface area contributed by atoms with Crippen molar-refractivity contribution in [2.24, 2.45) is 4.40 Å². The van der Waals surface area contributed by atoms with Gasteiger partial charge in [0.15, 0.2) is 11.6 Å². The monoisotopic (exact) mass is 450 g/mol. The first-order valence-corrected chi connectivity index (χ1v) is 11.3. The van der Waals surface area contributed by atoms with E-state index in [2.05, 4.69) is 14.8 Å². The summed E-state index contributed by atoms with van der Waals surface area (Å²) in [7, 11) is -2.76. The molecule has 31 heavy (non-hydrogen) atoms. The van der Waals surface area contributed by atoms with Crippen LogP contribution in [0, 0.1) is 0 Å². The molecule has 1 aromatic heterocycles. The smallest absolute Gasteiger partial charge is 0.286 e. The Bertz CT molecular complexity index is 1200. The molecule has 3 rings (SSSR count). The van der Waals surface area contributed by atoms with E-state index in [4.69, 9.17) is 4.74 Å². The summed E-state index contributed by atoms with van der Waals surface area (Å²) in [6.45, 7) is 5.18. The first-order chi connectivity index (χ1) is 14.6. The zero-order valence-corrected chi connectivity index (χ0v) is 18.7. The molecule has 0 saturated carbocycles. The third kappa shape index (κ3) is 4.15. The molecule has 168 valence electrons. The SMILES string of the molecule is CCCCn1nc(C(C)(C)CO)c(O)c(C2=NS(=O)(=O)c3cc(OC)ccc3N2)c1=O. The van der Waals surface area contributed by atoms with Gasteiger partial charge in [-0.25, -0.2) is 4.68 Å². The van der Waals surface area contributed by atoms with Gasteiger partial charge in [-0.05, 0) is 18.6 Å². The lowest BCUT2D eigenvalue weighted by molar-refractivity contribution is 0.208. The highest BCUT2D eigenvalue weighted by molar-refractivity contribution is 7.90. The summed E-state index contributed by atoms with van der Waals surface area (Å²) in [6, 6.07) is 4.38. The summed E-state index contributed by atoms with van der Waals surface area (Å²) in [5.74, 6) is -0.485. The standard InChI is InChI=1S/C20H26N4O6S/c1-5-6-9-24-19(27)15(16(26)17(22-24)20(2,3)11-25)18-21-13-8-7-12(30-4)10-14(13)31(28,29)23-18/h7-8,10,25-26H,5-6,9,11H2,1-4H3,(H,21,23). The van der Waals surface area contributed by atoms with Gasteiger partial charge in [0.05, 0.1) is 19.4 Å². The molecule has 1 aromatic carbocycles. The number of ether oxygens (including phenoxy) is 1. The number of aliphatic hydroxyl groups excluding tert-OH is 1. The number of benzene rings is 1. The molecule has 0 amide bonds. The Labute approximate surface area is 180 Å². The maximum atomic E-state index is 13.1. The van der Waals surface area contributed by atoms with Crippen LogP contribution in [0.1, 0.15) is 44.9 Å². The number of nitrogens with zero attached hydrogens (tertiary/aromatic N) is 3. The van der Waals surface area contributed by atoms with E-state index in [-0.39, 0.29) is 40.8 Å². The number of fused-ring (bicyclic) bond motifs is 1. The van der Waals surface area contributed by atoms with Gasteiger partial charge in [-0.15, -0.1) is 4.40 Å². The third-order valence-electron chi connectivity index (χ3n) is 5.06. The molecule has 0 unspecified atom stereocenters. The van der Waals surface area contributed by atoms with E-state index in [0.717, 1.165) is 6.42 Å².